The van der Waals surface area contributed by atoms with Crippen LogP contribution in [0.25, 0.3) is 0 Å². The summed E-state index contributed by atoms with van der Waals surface area (Å²) in [4.78, 5) is 16.5. The van der Waals surface area contributed by atoms with Gasteiger partial charge >= 0.3 is 0 Å². The maximum absolute atomic E-state index is 12.3. The second kappa shape index (κ2) is 9.01. The molecule has 0 aliphatic carbocycles. The summed E-state index contributed by atoms with van der Waals surface area (Å²) in [7, 11) is 1.53. The van der Waals surface area contributed by atoms with Crippen LogP contribution in [0, 0.1) is 0 Å². The molecule has 1 aliphatic rings. The maximum Gasteiger partial charge on any atom is 0.248 e. The Labute approximate surface area is 202 Å². The number of benzene rings is 2. The molecule has 8 nitrogen and oxygen atoms in total. The van der Waals surface area contributed by atoms with Crippen molar-refractivity contribution in [1.29, 1.82) is 0 Å². The number of halogens is 3. The molecule has 4 rings (SSSR count). The molecular weight excluding hydrogens is 521 g/mol. The molecule has 3 N–H and O–H groups in total. The van der Waals surface area contributed by atoms with Gasteiger partial charge in [0.25, 0.3) is 0 Å². The fraction of sp³-hybridized carbons (Fsp3) is 0.190. The lowest BCUT2D eigenvalue weighted by molar-refractivity contribution is -0.115. The number of methoxy groups -OCH3 is 1. The van der Waals surface area contributed by atoms with E-state index in [2.05, 4.69) is 31.3 Å². The number of hydrogen-bond acceptors (Lipinski definition) is 6. The fourth-order valence-electron chi connectivity index (χ4n) is 3.54. The smallest absolute Gasteiger partial charge is 0.248 e. The number of primary amides is 1. The molecule has 0 fully saturated rings. The molecule has 3 aromatic rings. The molecule has 1 aromatic heterocycles. The molecule has 11 heteroatoms. The van der Waals surface area contributed by atoms with Gasteiger partial charge in [-0.05, 0) is 52.7 Å². The first-order valence-corrected chi connectivity index (χ1v) is 11.0. The average molecular weight is 539 g/mol. The fourth-order valence-corrected chi connectivity index (χ4v) is 4.58. The number of nitrogens with zero attached hydrogens (tertiary/aromatic N) is 3. The molecule has 2 aromatic carbocycles. The number of carbonyl (C=O) groups excluding carboxylic acids is 1. The first-order valence-electron chi connectivity index (χ1n) is 9.41. The van der Waals surface area contributed by atoms with Crippen molar-refractivity contribution >= 4 is 51.0 Å². The molecule has 0 radical (unpaired) electrons. The van der Waals surface area contributed by atoms with Crippen molar-refractivity contribution in [2.75, 3.05) is 12.4 Å². The van der Waals surface area contributed by atoms with Gasteiger partial charge in [-0.3, -0.25) is 4.79 Å². The molecule has 0 saturated carbocycles. The van der Waals surface area contributed by atoms with E-state index in [-0.39, 0.29) is 6.61 Å². The van der Waals surface area contributed by atoms with E-state index in [1.165, 1.54) is 13.4 Å². The number of allylic oxidation sites excluding steroid dienone is 1. The van der Waals surface area contributed by atoms with E-state index < -0.39 is 11.9 Å². The van der Waals surface area contributed by atoms with Crippen molar-refractivity contribution in [3.05, 3.63) is 73.6 Å². The Hall–Kier alpha value is -2.75. The number of ether oxygens (including phenoxy) is 2. The predicted octanol–water partition coefficient (Wildman–Crippen LogP) is 4.71. The topological polar surface area (TPSA) is 104 Å². The van der Waals surface area contributed by atoms with Crippen molar-refractivity contribution in [2.24, 2.45) is 5.73 Å². The number of fused-ring (bicyclic) bond motifs is 1. The van der Waals surface area contributed by atoms with Gasteiger partial charge in [0, 0.05) is 21.3 Å². The highest BCUT2D eigenvalue weighted by molar-refractivity contribution is 9.10. The van der Waals surface area contributed by atoms with E-state index in [9.17, 15) is 4.79 Å². The van der Waals surface area contributed by atoms with Crippen LogP contribution in [0.1, 0.15) is 24.1 Å². The highest BCUT2D eigenvalue weighted by Crippen LogP contribution is 2.42. The van der Waals surface area contributed by atoms with Gasteiger partial charge in [0.1, 0.15) is 19.0 Å². The SMILES string of the molecule is COc1cc(C2C(C(N)=O)=C(C)Nc3ncnn32)cc(Br)c1OCc1ccc(Cl)cc1Cl. The number of amides is 1. The van der Waals surface area contributed by atoms with Crippen LogP contribution in [-0.2, 0) is 11.4 Å². The monoisotopic (exact) mass is 537 g/mol. The molecule has 0 bridgehead atoms. The van der Waals surface area contributed by atoms with Gasteiger partial charge in [-0.2, -0.15) is 10.1 Å². The lowest BCUT2D eigenvalue weighted by Gasteiger charge is -2.28. The quantitative estimate of drug-likeness (QED) is 0.471. The molecule has 1 aliphatic heterocycles. The van der Waals surface area contributed by atoms with Crippen molar-refractivity contribution in [2.45, 2.75) is 19.6 Å². The first kappa shape index (κ1) is 22.4. The number of rotatable bonds is 6. The highest BCUT2D eigenvalue weighted by atomic mass is 79.9. The Balaban J connectivity index is 1.73. The zero-order valence-electron chi connectivity index (χ0n) is 17.0. The third-order valence-electron chi connectivity index (χ3n) is 5.01. The summed E-state index contributed by atoms with van der Waals surface area (Å²) in [6, 6.07) is 8.22. The van der Waals surface area contributed by atoms with Crippen LogP contribution < -0.4 is 20.5 Å². The van der Waals surface area contributed by atoms with Crippen LogP contribution in [0.2, 0.25) is 10.0 Å². The number of aromatic nitrogens is 3. The minimum absolute atomic E-state index is 0.205. The van der Waals surface area contributed by atoms with Crippen molar-refractivity contribution in [1.82, 2.24) is 14.8 Å². The Morgan fingerprint density at radius 3 is 2.78 bits per heavy atom. The molecular formula is C21H18BrCl2N5O3. The number of hydrogen-bond donors (Lipinski definition) is 2. The van der Waals surface area contributed by atoms with E-state index in [0.29, 0.717) is 48.8 Å². The summed E-state index contributed by atoms with van der Waals surface area (Å²) in [6.07, 6.45) is 1.41. The van der Waals surface area contributed by atoms with Crippen LogP contribution in [0.15, 0.2) is 52.4 Å². The Morgan fingerprint density at radius 2 is 2.09 bits per heavy atom. The summed E-state index contributed by atoms with van der Waals surface area (Å²) in [5, 5.41) is 8.37. The summed E-state index contributed by atoms with van der Waals surface area (Å²) in [5.74, 6) is 0.886. The minimum atomic E-state index is -0.587. The van der Waals surface area contributed by atoms with Gasteiger partial charge in [-0.25, -0.2) is 4.68 Å². The van der Waals surface area contributed by atoms with Gasteiger partial charge < -0.3 is 20.5 Å². The van der Waals surface area contributed by atoms with Crippen LogP contribution in [0.3, 0.4) is 0 Å². The van der Waals surface area contributed by atoms with E-state index in [1.54, 1.807) is 35.9 Å². The Kier molecular flexibility index (Phi) is 6.32. The second-order valence-electron chi connectivity index (χ2n) is 7.02. The van der Waals surface area contributed by atoms with Gasteiger partial charge in [0.05, 0.1) is 17.2 Å². The number of nitrogens with one attached hydrogen (secondary N) is 1. The summed E-state index contributed by atoms with van der Waals surface area (Å²) in [6.45, 7) is 1.97. The van der Waals surface area contributed by atoms with Crippen molar-refractivity contribution < 1.29 is 14.3 Å². The normalized spacial score (nSPS) is 15.2. The molecule has 0 spiro atoms. The van der Waals surface area contributed by atoms with Crippen LogP contribution in [0.4, 0.5) is 5.95 Å². The Bertz CT molecular complexity index is 1240. The predicted molar refractivity (Wildman–Crippen MR) is 125 cm³/mol. The van der Waals surface area contributed by atoms with Crippen LogP contribution >= 0.6 is 39.1 Å². The van der Waals surface area contributed by atoms with E-state index in [0.717, 1.165) is 5.56 Å². The van der Waals surface area contributed by atoms with Crippen LogP contribution in [-0.4, -0.2) is 27.8 Å². The van der Waals surface area contributed by atoms with Crippen LogP contribution in [0.5, 0.6) is 11.5 Å². The lowest BCUT2D eigenvalue weighted by Crippen LogP contribution is -2.31. The number of anilines is 1. The van der Waals surface area contributed by atoms with E-state index in [1.807, 2.05) is 6.07 Å². The summed E-state index contributed by atoms with van der Waals surface area (Å²) in [5.41, 5.74) is 8.17. The zero-order chi connectivity index (χ0) is 23.0. The Morgan fingerprint density at radius 1 is 1.31 bits per heavy atom. The number of carbonyl (C=O) groups is 1. The van der Waals surface area contributed by atoms with Gasteiger partial charge in [-0.15, -0.1) is 0 Å². The van der Waals surface area contributed by atoms with Crippen molar-refractivity contribution in [3.63, 3.8) is 0 Å². The average Bonchev–Trinajstić information content (AvgIpc) is 3.20. The molecule has 166 valence electrons. The van der Waals surface area contributed by atoms with E-state index in [4.69, 9.17) is 38.4 Å². The molecule has 1 atom stereocenters. The highest BCUT2D eigenvalue weighted by Gasteiger charge is 2.33. The second-order valence-corrected chi connectivity index (χ2v) is 8.72. The zero-order valence-corrected chi connectivity index (χ0v) is 20.1. The molecule has 1 amide bonds. The van der Waals surface area contributed by atoms with Crippen molar-refractivity contribution in [3.8, 4) is 11.5 Å². The third kappa shape index (κ3) is 4.15. The van der Waals surface area contributed by atoms with Gasteiger partial charge in [0.2, 0.25) is 11.9 Å². The number of nitrogens with two attached hydrogens (primary N) is 1. The minimum Gasteiger partial charge on any atom is -0.493 e. The summed E-state index contributed by atoms with van der Waals surface area (Å²) >= 11 is 15.8. The molecule has 1 unspecified atom stereocenters. The summed E-state index contributed by atoms with van der Waals surface area (Å²) < 4.78 is 13.8. The third-order valence-corrected chi connectivity index (χ3v) is 6.19. The van der Waals surface area contributed by atoms with Gasteiger partial charge in [0.15, 0.2) is 11.5 Å². The van der Waals surface area contributed by atoms with Gasteiger partial charge in [-0.1, -0.05) is 29.3 Å². The standard InChI is InChI=1S/C21H18BrCl2N5O3/c1-10-17(20(25)30)18(29-21(28-10)26-9-27-29)12-5-14(22)19(16(6-12)31-2)32-8-11-3-4-13(23)7-15(11)24/h3-7,9,18H,8H2,1-2H3,(H2,25,30)(H,26,27,28). The maximum atomic E-state index is 12.3. The lowest BCUT2D eigenvalue weighted by atomic mass is 9.95. The molecule has 0 saturated heterocycles. The van der Waals surface area contributed by atoms with E-state index >= 15 is 0 Å². The largest absolute Gasteiger partial charge is 0.493 e. The molecule has 2 heterocycles. The molecule has 32 heavy (non-hydrogen) atoms. The first-order chi connectivity index (χ1) is 15.3.